The van der Waals surface area contributed by atoms with Crippen LogP contribution in [0.2, 0.25) is 10.0 Å². The summed E-state index contributed by atoms with van der Waals surface area (Å²) in [5.41, 5.74) is 0.904. The van der Waals surface area contributed by atoms with Gasteiger partial charge in [0, 0.05) is 39.3 Å². The normalized spacial score (nSPS) is 18.0. The van der Waals surface area contributed by atoms with Crippen molar-refractivity contribution in [2.45, 2.75) is 0 Å². The van der Waals surface area contributed by atoms with Crippen LogP contribution in [0.3, 0.4) is 0 Å². The Labute approximate surface area is 167 Å². The SMILES string of the molecule is Fc1ccc(Cl)c(C2=C3C=CC(Br)=[N+]3[B-](F)(F)n3c(Br)ccc32)c1Cl. The monoisotopic (exact) mass is 510 g/mol. The first-order chi connectivity index (χ1) is 11.7. The Morgan fingerprint density at radius 1 is 1.04 bits per heavy atom. The molecule has 2 aliphatic rings. The van der Waals surface area contributed by atoms with E-state index in [1.807, 2.05) is 0 Å². The number of nitrogens with zero attached hydrogens (tertiary/aromatic N) is 2. The molecule has 1 aromatic heterocycles. The average Bonchev–Trinajstić information content (AvgIpc) is 3.11. The van der Waals surface area contributed by atoms with Crippen LogP contribution in [0.15, 0.2) is 46.7 Å². The van der Waals surface area contributed by atoms with E-state index >= 15 is 8.63 Å². The van der Waals surface area contributed by atoms with Crippen LogP contribution in [-0.2, 0) is 0 Å². The first-order valence-corrected chi connectivity index (χ1v) is 9.37. The minimum Gasteiger partial charge on any atom is -0.389 e. The second-order valence-corrected chi connectivity index (χ2v) is 7.91. The molecule has 2 nitrogen and oxygen atoms in total. The van der Waals surface area contributed by atoms with Crippen molar-refractivity contribution >= 4 is 72.2 Å². The Morgan fingerprint density at radius 3 is 2.48 bits per heavy atom. The highest BCUT2D eigenvalue weighted by molar-refractivity contribution is 9.18. The molecule has 0 N–H and O–H groups in total. The summed E-state index contributed by atoms with van der Waals surface area (Å²) in [4.78, 5) is 0. The molecule has 3 heterocycles. The predicted molar refractivity (Wildman–Crippen MR) is 101 cm³/mol. The minimum absolute atomic E-state index is 0.173. The topological polar surface area (TPSA) is 7.94 Å². The Morgan fingerprint density at radius 2 is 1.76 bits per heavy atom. The predicted octanol–water partition coefficient (Wildman–Crippen LogP) is 6.07. The van der Waals surface area contributed by atoms with E-state index in [2.05, 4.69) is 31.9 Å². The van der Waals surface area contributed by atoms with Crippen molar-refractivity contribution in [2.24, 2.45) is 0 Å². The fraction of sp³-hybridized carbons (Fsp3) is 0. The average molecular weight is 513 g/mol. The van der Waals surface area contributed by atoms with Crippen LogP contribution in [-0.4, -0.2) is 20.6 Å². The summed E-state index contributed by atoms with van der Waals surface area (Å²) in [6, 6.07) is 5.52. The highest BCUT2D eigenvalue weighted by Crippen LogP contribution is 2.45. The number of halogens is 7. The van der Waals surface area contributed by atoms with Crippen molar-refractivity contribution in [2.75, 3.05) is 0 Å². The van der Waals surface area contributed by atoms with E-state index in [0.717, 1.165) is 15.0 Å². The maximum absolute atomic E-state index is 15.1. The van der Waals surface area contributed by atoms with Crippen molar-refractivity contribution in [1.82, 2.24) is 4.48 Å². The molecular formula is C15H6BBr2Cl2F3N2. The summed E-state index contributed by atoms with van der Waals surface area (Å²) in [7, 11) is 0. The molecule has 0 aliphatic carbocycles. The van der Waals surface area contributed by atoms with Crippen molar-refractivity contribution in [1.29, 1.82) is 0 Å². The molecule has 1 aromatic carbocycles. The zero-order valence-corrected chi connectivity index (χ0v) is 16.8. The second kappa shape index (κ2) is 5.77. The highest BCUT2D eigenvalue weighted by atomic mass is 79.9. The van der Waals surface area contributed by atoms with E-state index in [0.29, 0.717) is 5.57 Å². The van der Waals surface area contributed by atoms with Gasteiger partial charge in [-0.1, -0.05) is 23.2 Å². The van der Waals surface area contributed by atoms with Gasteiger partial charge in [0.1, 0.15) is 5.82 Å². The number of aromatic nitrogens is 1. The molecule has 2 aliphatic heterocycles. The van der Waals surface area contributed by atoms with Gasteiger partial charge >= 0.3 is 6.97 Å². The van der Waals surface area contributed by atoms with Crippen LogP contribution in [0.4, 0.5) is 13.0 Å². The Hall–Kier alpha value is -0.955. The van der Waals surface area contributed by atoms with Gasteiger partial charge in [0.2, 0.25) is 4.62 Å². The standard InChI is InChI=1S/C15H6BBr2Cl2F3N2/c17-11-5-3-9-14(13-7(19)1-2-8(21)15(13)20)10-4-6-12(18)25(10)16(22,23)24(9)11/h1-6H. The van der Waals surface area contributed by atoms with E-state index in [1.54, 1.807) is 0 Å². The van der Waals surface area contributed by atoms with Gasteiger partial charge in [-0.2, -0.15) is 0 Å². The fourth-order valence-electron chi connectivity index (χ4n) is 3.14. The number of hydrogen-bond acceptors (Lipinski definition) is 0. The summed E-state index contributed by atoms with van der Waals surface area (Å²) >= 11 is 18.7. The van der Waals surface area contributed by atoms with Crippen LogP contribution in [0, 0.1) is 5.82 Å². The maximum atomic E-state index is 15.1. The van der Waals surface area contributed by atoms with Crippen molar-refractivity contribution in [3.8, 4) is 0 Å². The summed E-state index contributed by atoms with van der Waals surface area (Å²) in [5, 5.41) is -0.0418. The van der Waals surface area contributed by atoms with Gasteiger partial charge < -0.3 is 17.6 Å². The summed E-state index contributed by atoms with van der Waals surface area (Å²) in [6.07, 6.45) is 3.03. The quantitative estimate of drug-likeness (QED) is 0.324. The summed E-state index contributed by atoms with van der Waals surface area (Å²) in [6.45, 7) is -4.16. The fourth-order valence-corrected chi connectivity index (χ4v) is 4.84. The van der Waals surface area contributed by atoms with Crippen LogP contribution >= 0.6 is 55.1 Å². The van der Waals surface area contributed by atoms with Crippen LogP contribution < -0.4 is 0 Å². The smallest absolute Gasteiger partial charge is 0.389 e. The maximum Gasteiger partial charge on any atom is 0.738 e. The molecule has 128 valence electrons. The van der Waals surface area contributed by atoms with Crippen molar-refractivity contribution in [3.05, 3.63) is 73.8 Å². The molecule has 25 heavy (non-hydrogen) atoms. The largest absolute Gasteiger partial charge is 0.738 e. The molecule has 4 rings (SSSR count). The molecule has 0 spiro atoms. The lowest BCUT2D eigenvalue weighted by atomic mass is 9.86. The molecule has 0 unspecified atom stereocenters. The molecule has 0 bridgehead atoms. The van der Waals surface area contributed by atoms with Gasteiger partial charge in [-0.25, -0.2) is 4.39 Å². The number of benzene rings is 1. The van der Waals surface area contributed by atoms with E-state index in [-0.39, 0.29) is 36.2 Å². The molecule has 10 heteroatoms. The molecule has 2 aromatic rings. The highest BCUT2D eigenvalue weighted by Gasteiger charge is 2.54. The van der Waals surface area contributed by atoms with Gasteiger partial charge in [-0.15, -0.1) is 0 Å². The van der Waals surface area contributed by atoms with Gasteiger partial charge in [-0.05, 0) is 40.2 Å². The molecule has 0 radical (unpaired) electrons. The van der Waals surface area contributed by atoms with Crippen molar-refractivity contribution in [3.63, 3.8) is 0 Å². The van der Waals surface area contributed by atoms with Gasteiger partial charge in [0.05, 0.1) is 20.2 Å². The molecule has 0 amide bonds. The molecule has 0 atom stereocenters. The van der Waals surface area contributed by atoms with Gasteiger partial charge in [-0.3, -0.25) is 0 Å². The van der Waals surface area contributed by atoms with E-state index in [1.165, 1.54) is 30.4 Å². The first kappa shape index (κ1) is 17.5. The third-order valence-corrected chi connectivity index (χ3v) is 6.14. The lowest BCUT2D eigenvalue weighted by Crippen LogP contribution is -2.50. The van der Waals surface area contributed by atoms with E-state index < -0.39 is 12.8 Å². The van der Waals surface area contributed by atoms with Crippen LogP contribution in [0.1, 0.15) is 11.3 Å². The van der Waals surface area contributed by atoms with Crippen LogP contribution in [0.5, 0.6) is 0 Å². The lowest BCUT2D eigenvalue weighted by molar-refractivity contribution is -0.358. The van der Waals surface area contributed by atoms with E-state index in [4.69, 9.17) is 23.2 Å². The first-order valence-electron chi connectivity index (χ1n) is 7.02. The Kier molecular flexibility index (Phi) is 4.03. The number of fused-ring (bicyclic) bond motifs is 2. The van der Waals surface area contributed by atoms with Gasteiger partial charge in [0.15, 0.2) is 5.70 Å². The van der Waals surface area contributed by atoms with Crippen LogP contribution in [0.25, 0.3) is 5.57 Å². The molecular weight excluding hydrogens is 507 g/mol. The zero-order valence-electron chi connectivity index (χ0n) is 12.1. The van der Waals surface area contributed by atoms with E-state index in [9.17, 15) is 4.39 Å². The number of allylic oxidation sites excluding steroid dienone is 2. The zero-order chi connectivity index (χ0) is 18.1. The Balaban J connectivity index is 2.18. The third kappa shape index (κ3) is 2.34. The molecule has 0 fully saturated rings. The minimum atomic E-state index is -4.16. The van der Waals surface area contributed by atoms with Crippen molar-refractivity contribution < 1.29 is 17.5 Å². The second-order valence-electron chi connectivity index (χ2n) is 5.50. The summed E-state index contributed by atoms with van der Waals surface area (Å²) in [5.74, 6) is -0.675. The molecule has 0 saturated heterocycles. The summed E-state index contributed by atoms with van der Waals surface area (Å²) < 4.78 is 46.4. The number of rotatable bonds is 1. The third-order valence-electron chi connectivity index (χ3n) is 4.16. The van der Waals surface area contributed by atoms with Gasteiger partial charge in [0.25, 0.3) is 0 Å². The molecule has 0 saturated carbocycles. The Bertz CT molecular complexity index is 1040. The number of hydrogen-bond donors (Lipinski definition) is 0. The lowest BCUT2D eigenvalue weighted by Gasteiger charge is -2.32.